The molecule has 27 heavy (non-hydrogen) atoms. The van der Waals surface area contributed by atoms with Crippen molar-refractivity contribution < 1.29 is 24.0 Å². The molecule has 0 aromatic heterocycles. The number of likely N-dealkylation sites (N-methyl/N-ethyl adjacent to an activating group) is 1. The maximum Gasteiger partial charge on any atom is 0.321 e. The number of aliphatic hydroxyl groups is 1. The standard InChI is InChI=1S/C17H29N3O5S2/c1-7-12(11(8(2)21)17-25-27-17)19-13(16(23)24)14(7)26-9-5-10(18-6-9)15(22)20(3)4/h7-14,17-19,21H,5-6H2,1-4H3,(H,23,24)/p+1/t7-,8-,9+,10-,11-,12-,13?,14+,17+/m1/s1. The third kappa shape index (κ3) is 4.56. The number of carbonyl (C=O) groups excluding carboxylic acids is 1. The molecule has 10 heteroatoms. The van der Waals surface area contributed by atoms with Crippen LogP contribution in [0.1, 0.15) is 20.3 Å². The molecule has 0 saturated carbocycles. The molecule has 0 bridgehead atoms. The highest BCUT2D eigenvalue weighted by Crippen LogP contribution is 2.42. The van der Waals surface area contributed by atoms with Crippen LogP contribution in [0.4, 0.5) is 0 Å². The maximum absolute atomic E-state index is 12.2. The maximum atomic E-state index is 12.2. The SMILES string of the molecule is C[C@@H]1[C@H]([C@@H]([C@@H](C)O)[C@H]2O[SH+]2)NC(C(=O)O)[C@H]1S[C@@H]1CN[C@@H](C(=O)N(C)C)C1. The summed E-state index contributed by atoms with van der Waals surface area (Å²) in [7, 11) is 3.49. The molecule has 3 aliphatic rings. The molecule has 3 heterocycles. The molecule has 154 valence electrons. The zero-order chi connectivity index (χ0) is 19.9. The number of aliphatic carboxylic acids is 1. The highest BCUT2D eigenvalue weighted by molar-refractivity contribution is 8.00. The molecule has 3 fully saturated rings. The van der Waals surface area contributed by atoms with E-state index >= 15 is 0 Å². The first-order valence-electron chi connectivity index (χ1n) is 9.33. The van der Waals surface area contributed by atoms with Crippen LogP contribution in [0.3, 0.4) is 0 Å². The van der Waals surface area contributed by atoms with Crippen molar-refractivity contribution in [2.45, 2.75) is 60.4 Å². The molecule has 0 spiro atoms. The van der Waals surface area contributed by atoms with Gasteiger partial charge in [-0.15, -0.1) is 4.18 Å². The summed E-state index contributed by atoms with van der Waals surface area (Å²) in [6.07, 6.45) is 0.130. The van der Waals surface area contributed by atoms with Crippen LogP contribution in [0.5, 0.6) is 0 Å². The second-order valence-corrected chi connectivity index (χ2v) is 10.4. The van der Waals surface area contributed by atoms with E-state index in [1.54, 1.807) is 37.7 Å². The summed E-state index contributed by atoms with van der Waals surface area (Å²) in [6.45, 7) is 4.49. The average molecular weight is 421 g/mol. The van der Waals surface area contributed by atoms with Crippen molar-refractivity contribution in [3.63, 3.8) is 0 Å². The molecular formula is C17H30N3O5S2+. The minimum atomic E-state index is -0.868. The first-order chi connectivity index (χ1) is 12.7. The van der Waals surface area contributed by atoms with Gasteiger partial charge >= 0.3 is 11.4 Å². The summed E-state index contributed by atoms with van der Waals surface area (Å²) < 4.78 is 5.39. The Morgan fingerprint density at radius 2 is 2.04 bits per heavy atom. The van der Waals surface area contributed by atoms with E-state index < -0.39 is 18.1 Å². The van der Waals surface area contributed by atoms with Crippen LogP contribution in [-0.2, 0) is 25.8 Å². The van der Waals surface area contributed by atoms with Crippen LogP contribution in [-0.4, -0.2) is 87.8 Å². The van der Waals surface area contributed by atoms with E-state index in [1.165, 1.54) is 0 Å². The average Bonchev–Trinajstić information content (AvgIpc) is 3.22. The van der Waals surface area contributed by atoms with E-state index in [0.29, 0.717) is 13.0 Å². The molecule has 0 aromatic carbocycles. The third-order valence-corrected chi connectivity index (χ3v) is 8.32. The number of carbonyl (C=O) groups is 2. The minimum absolute atomic E-state index is 0.0293. The Morgan fingerprint density at radius 1 is 1.37 bits per heavy atom. The number of aliphatic hydroxyl groups excluding tert-OH is 1. The minimum Gasteiger partial charge on any atom is -0.480 e. The highest BCUT2D eigenvalue weighted by atomic mass is 32.2. The van der Waals surface area contributed by atoms with E-state index in [4.69, 9.17) is 4.18 Å². The van der Waals surface area contributed by atoms with Gasteiger partial charge in [-0.1, -0.05) is 6.92 Å². The molecule has 0 aliphatic carbocycles. The molecule has 3 aliphatic heterocycles. The molecule has 3 saturated heterocycles. The molecule has 9 atom stereocenters. The van der Waals surface area contributed by atoms with Gasteiger partial charge in [0.1, 0.15) is 6.04 Å². The van der Waals surface area contributed by atoms with Gasteiger partial charge in [-0.2, -0.15) is 11.8 Å². The number of hydrogen-bond donors (Lipinski definition) is 4. The number of nitrogens with one attached hydrogen (secondary N) is 2. The van der Waals surface area contributed by atoms with E-state index in [-0.39, 0.29) is 45.8 Å². The van der Waals surface area contributed by atoms with Gasteiger partial charge in [0.15, 0.2) is 12.0 Å². The number of amides is 1. The van der Waals surface area contributed by atoms with Crippen LogP contribution in [0.15, 0.2) is 0 Å². The Hall–Kier alpha value is -0.520. The summed E-state index contributed by atoms with van der Waals surface area (Å²) in [5.74, 6) is -0.868. The molecule has 8 nitrogen and oxygen atoms in total. The lowest BCUT2D eigenvalue weighted by Gasteiger charge is -2.27. The van der Waals surface area contributed by atoms with E-state index in [0.717, 1.165) is 12.0 Å². The van der Waals surface area contributed by atoms with Crippen molar-refractivity contribution >= 4 is 35.7 Å². The van der Waals surface area contributed by atoms with E-state index in [1.807, 2.05) is 0 Å². The number of nitrogens with zero attached hydrogens (tertiary/aromatic N) is 1. The largest absolute Gasteiger partial charge is 0.480 e. The number of rotatable bonds is 7. The third-order valence-electron chi connectivity index (χ3n) is 5.76. The monoisotopic (exact) mass is 420 g/mol. The first kappa shape index (κ1) is 21.2. The predicted molar refractivity (Wildman–Crippen MR) is 107 cm³/mol. The molecule has 4 N–H and O–H groups in total. The van der Waals surface area contributed by atoms with Crippen molar-refractivity contribution in [1.29, 1.82) is 0 Å². The Balaban J connectivity index is 1.68. The van der Waals surface area contributed by atoms with Gasteiger partial charge in [-0.25, -0.2) is 0 Å². The number of thiol groups is 1. The van der Waals surface area contributed by atoms with Gasteiger partial charge < -0.3 is 20.4 Å². The second kappa shape index (κ2) is 8.46. The zero-order valence-electron chi connectivity index (χ0n) is 16.0. The number of carboxylic acids is 1. The zero-order valence-corrected chi connectivity index (χ0v) is 17.7. The van der Waals surface area contributed by atoms with Gasteiger partial charge in [0.05, 0.1) is 18.1 Å². The lowest BCUT2D eigenvalue weighted by atomic mass is 9.87. The van der Waals surface area contributed by atoms with E-state index in [9.17, 15) is 19.8 Å². The van der Waals surface area contributed by atoms with Gasteiger partial charge in [0.25, 0.3) is 0 Å². The quantitative estimate of drug-likeness (QED) is 0.237. The van der Waals surface area contributed by atoms with Gasteiger partial charge in [-0.3, -0.25) is 14.9 Å². The molecule has 0 aromatic rings. The Bertz CT molecular complexity index is 573. The second-order valence-electron chi connectivity index (χ2n) is 7.94. The first-order valence-corrected chi connectivity index (χ1v) is 11.2. The highest BCUT2D eigenvalue weighted by Gasteiger charge is 2.58. The lowest BCUT2D eigenvalue weighted by molar-refractivity contribution is -0.139. The van der Waals surface area contributed by atoms with E-state index in [2.05, 4.69) is 17.6 Å². The van der Waals surface area contributed by atoms with Crippen molar-refractivity contribution in [2.24, 2.45) is 11.8 Å². The van der Waals surface area contributed by atoms with Crippen molar-refractivity contribution in [3.05, 3.63) is 0 Å². The smallest absolute Gasteiger partial charge is 0.321 e. The van der Waals surface area contributed by atoms with Gasteiger partial charge in [0.2, 0.25) is 5.91 Å². The summed E-state index contributed by atoms with van der Waals surface area (Å²) in [5.41, 5.74) is -0.0293. The molecule has 0 radical (unpaired) electrons. The van der Waals surface area contributed by atoms with Gasteiger partial charge in [-0.05, 0) is 19.3 Å². The number of thioether (sulfide) groups is 1. The lowest BCUT2D eigenvalue weighted by Crippen LogP contribution is -2.46. The fourth-order valence-corrected chi connectivity index (χ4v) is 6.75. The Kier molecular flexibility index (Phi) is 6.64. The Morgan fingerprint density at radius 3 is 2.56 bits per heavy atom. The van der Waals surface area contributed by atoms with Crippen molar-refractivity contribution in [1.82, 2.24) is 15.5 Å². The van der Waals surface area contributed by atoms with Crippen LogP contribution in [0, 0.1) is 11.8 Å². The normalized spacial score (nSPS) is 40.6. The molecular weight excluding hydrogens is 390 g/mol. The van der Waals surface area contributed by atoms with Crippen LogP contribution >= 0.6 is 11.8 Å². The summed E-state index contributed by atoms with van der Waals surface area (Å²) in [5, 5.41) is 26.5. The molecule has 3 rings (SSSR count). The number of hydrogen-bond acceptors (Lipinski definition) is 7. The summed E-state index contributed by atoms with van der Waals surface area (Å²) >= 11 is 2.52. The number of carboxylic acid groups (broad SMARTS) is 1. The fraction of sp³-hybridized carbons (Fsp3) is 0.882. The van der Waals surface area contributed by atoms with Crippen molar-refractivity contribution in [3.8, 4) is 0 Å². The molecule has 1 unspecified atom stereocenters. The summed E-state index contributed by atoms with van der Waals surface area (Å²) in [4.78, 5) is 25.6. The van der Waals surface area contributed by atoms with Crippen LogP contribution < -0.4 is 10.6 Å². The van der Waals surface area contributed by atoms with Crippen LogP contribution in [0.2, 0.25) is 0 Å². The summed E-state index contributed by atoms with van der Waals surface area (Å²) in [6, 6.07) is -0.988. The predicted octanol–water partition coefficient (Wildman–Crippen LogP) is -0.949. The molecule has 1 amide bonds. The fourth-order valence-electron chi connectivity index (χ4n) is 4.26. The van der Waals surface area contributed by atoms with Crippen molar-refractivity contribution in [2.75, 3.05) is 20.6 Å². The van der Waals surface area contributed by atoms with Crippen LogP contribution in [0.25, 0.3) is 0 Å². The van der Waals surface area contributed by atoms with Gasteiger partial charge in [0, 0.05) is 37.2 Å². The Labute approximate surface area is 168 Å². The topological polar surface area (TPSA) is 114 Å².